The van der Waals surface area contributed by atoms with Gasteiger partial charge in [-0.25, -0.2) is 9.18 Å². The molecule has 0 saturated heterocycles. The quantitative estimate of drug-likeness (QED) is 0.795. The van der Waals surface area contributed by atoms with E-state index in [0.717, 1.165) is 0 Å². The summed E-state index contributed by atoms with van der Waals surface area (Å²) in [6.45, 7) is 5.07. The van der Waals surface area contributed by atoms with E-state index >= 15 is 0 Å². The van der Waals surface area contributed by atoms with E-state index in [4.69, 9.17) is 9.63 Å². The lowest BCUT2D eigenvalue weighted by Gasteiger charge is -2.17. The Kier molecular flexibility index (Phi) is 5.84. The molecule has 0 saturated carbocycles. The predicted molar refractivity (Wildman–Crippen MR) is 87.2 cm³/mol. The molecule has 134 valence electrons. The lowest BCUT2D eigenvalue weighted by atomic mass is 10.0. The minimum absolute atomic E-state index is 0.0284. The fourth-order valence-electron chi connectivity index (χ4n) is 2.24. The standard InChI is InChI=1S/C17H20FN3O4/c1-9(2)15(17(23)24)19-13(22)6-7-14-20-16(21-25-14)11-4-5-12(18)10(3)8-11/h4-5,8-9,15H,6-7H2,1-3H3,(H,19,22)(H,23,24)/t15-/m0/s1. The van der Waals surface area contributed by atoms with Gasteiger partial charge in [0.1, 0.15) is 11.9 Å². The van der Waals surface area contributed by atoms with Crippen LogP contribution in [0.5, 0.6) is 0 Å². The number of aryl methyl sites for hydroxylation is 2. The van der Waals surface area contributed by atoms with Crippen molar-refractivity contribution in [2.45, 2.75) is 39.7 Å². The number of benzene rings is 1. The molecule has 7 nitrogen and oxygen atoms in total. The summed E-state index contributed by atoms with van der Waals surface area (Å²) in [5, 5.41) is 15.4. The minimum Gasteiger partial charge on any atom is -0.480 e. The average molecular weight is 349 g/mol. The fraction of sp³-hybridized carbons (Fsp3) is 0.412. The lowest BCUT2D eigenvalue weighted by Crippen LogP contribution is -2.44. The van der Waals surface area contributed by atoms with Gasteiger partial charge in [0.2, 0.25) is 17.6 Å². The molecule has 8 heteroatoms. The second kappa shape index (κ2) is 7.87. The highest BCUT2D eigenvalue weighted by Crippen LogP contribution is 2.19. The zero-order valence-electron chi connectivity index (χ0n) is 14.2. The zero-order chi connectivity index (χ0) is 18.6. The van der Waals surface area contributed by atoms with Crippen LogP contribution in [-0.2, 0) is 16.0 Å². The molecule has 1 amide bonds. The summed E-state index contributed by atoms with van der Waals surface area (Å²) < 4.78 is 18.4. The highest BCUT2D eigenvalue weighted by atomic mass is 19.1. The van der Waals surface area contributed by atoms with Crippen molar-refractivity contribution in [2.75, 3.05) is 0 Å². The first-order valence-corrected chi connectivity index (χ1v) is 7.89. The first kappa shape index (κ1) is 18.6. The zero-order valence-corrected chi connectivity index (χ0v) is 14.2. The van der Waals surface area contributed by atoms with Gasteiger partial charge < -0.3 is 14.9 Å². The molecule has 0 aliphatic rings. The molecule has 1 aromatic carbocycles. The number of carbonyl (C=O) groups excluding carboxylic acids is 1. The molecule has 1 heterocycles. The van der Waals surface area contributed by atoms with E-state index in [0.29, 0.717) is 17.0 Å². The molecule has 0 aliphatic heterocycles. The van der Waals surface area contributed by atoms with E-state index in [1.807, 2.05) is 0 Å². The van der Waals surface area contributed by atoms with Crippen molar-refractivity contribution in [1.29, 1.82) is 0 Å². The Bertz CT molecular complexity index is 773. The maximum absolute atomic E-state index is 13.3. The number of amides is 1. The topological polar surface area (TPSA) is 105 Å². The summed E-state index contributed by atoms with van der Waals surface area (Å²) in [6, 6.07) is 3.54. The highest BCUT2D eigenvalue weighted by Gasteiger charge is 2.23. The highest BCUT2D eigenvalue weighted by molar-refractivity contribution is 5.83. The molecule has 2 aromatic rings. The maximum atomic E-state index is 13.3. The van der Waals surface area contributed by atoms with Gasteiger partial charge in [-0.3, -0.25) is 4.79 Å². The number of hydrogen-bond donors (Lipinski definition) is 2. The molecule has 1 atom stereocenters. The number of halogens is 1. The summed E-state index contributed by atoms with van der Waals surface area (Å²) in [5.74, 6) is -1.46. The van der Waals surface area contributed by atoms with E-state index in [1.165, 1.54) is 6.07 Å². The van der Waals surface area contributed by atoms with Crippen LogP contribution in [0.1, 0.15) is 31.7 Å². The molecule has 0 bridgehead atoms. The van der Waals surface area contributed by atoms with Crippen LogP contribution in [-0.4, -0.2) is 33.2 Å². The Morgan fingerprint density at radius 1 is 1.36 bits per heavy atom. The number of hydrogen-bond acceptors (Lipinski definition) is 5. The Hall–Kier alpha value is -2.77. The van der Waals surface area contributed by atoms with Gasteiger partial charge in [0.25, 0.3) is 0 Å². The van der Waals surface area contributed by atoms with Crippen molar-refractivity contribution >= 4 is 11.9 Å². The van der Waals surface area contributed by atoms with Crippen molar-refractivity contribution in [1.82, 2.24) is 15.5 Å². The van der Waals surface area contributed by atoms with Crippen molar-refractivity contribution in [3.63, 3.8) is 0 Å². The SMILES string of the molecule is Cc1cc(-c2noc(CCC(=O)N[C@H](C(=O)O)C(C)C)n2)ccc1F. The smallest absolute Gasteiger partial charge is 0.326 e. The van der Waals surface area contributed by atoms with Gasteiger partial charge in [-0.2, -0.15) is 4.98 Å². The third-order valence-corrected chi connectivity index (χ3v) is 3.70. The molecular formula is C17H20FN3O4. The van der Waals surface area contributed by atoms with E-state index in [-0.39, 0.29) is 30.5 Å². The number of aromatic nitrogens is 2. The summed E-state index contributed by atoms with van der Waals surface area (Å²) in [5.41, 5.74) is 1.08. The van der Waals surface area contributed by atoms with Crippen LogP contribution >= 0.6 is 0 Å². The van der Waals surface area contributed by atoms with Gasteiger partial charge in [0.05, 0.1) is 0 Å². The molecule has 0 fully saturated rings. The molecule has 0 aliphatic carbocycles. The number of carboxylic acids is 1. The minimum atomic E-state index is -1.07. The normalized spacial score (nSPS) is 12.2. The molecule has 1 aromatic heterocycles. The van der Waals surface area contributed by atoms with Crippen LogP contribution < -0.4 is 5.32 Å². The summed E-state index contributed by atoms with van der Waals surface area (Å²) >= 11 is 0. The second-order valence-corrected chi connectivity index (χ2v) is 6.10. The number of carbonyl (C=O) groups is 2. The van der Waals surface area contributed by atoms with Crippen LogP contribution in [0.2, 0.25) is 0 Å². The third-order valence-electron chi connectivity index (χ3n) is 3.70. The van der Waals surface area contributed by atoms with Gasteiger partial charge in [-0.15, -0.1) is 0 Å². The van der Waals surface area contributed by atoms with Crippen molar-refractivity contribution in [2.24, 2.45) is 5.92 Å². The summed E-state index contributed by atoms with van der Waals surface area (Å²) in [7, 11) is 0. The summed E-state index contributed by atoms with van der Waals surface area (Å²) in [4.78, 5) is 27.1. The molecule has 2 N–H and O–H groups in total. The Morgan fingerprint density at radius 3 is 2.68 bits per heavy atom. The van der Waals surface area contributed by atoms with Crippen LogP contribution in [0.25, 0.3) is 11.4 Å². The predicted octanol–water partition coefficient (Wildman–Crippen LogP) is 2.34. The first-order valence-electron chi connectivity index (χ1n) is 7.89. The Balaban J connectivity index is 1.96. The molecule has 0 spiro atoms. The van der Waals surface area contributed by atoms with Gasteiger partial charge in [0, 0.05) is 18.4 Å². The van der Waals surface area contributed by atoms with E-state index in [1.54, 1.807) is 32.9 Å². The maximum Gasteiger partial charge on any atom is 0.326 e. The molecular weight excluding hydrogens is 329 g/mol. The number of nitrogens with one attached hydrogen (secondary N) is 1. The molecule has 0 radical (unpaired) electrons. The van der Waals surface area contributed by atoms with Gasteiger partial charge in [-0.1, -0.05) is 19.0 Å². The van der Waals surface area contributed by atoms with Crippen LogP contribution in [0.15, 0.2) is 22.7 Å². The fourth-order valence-corrected chi connectivity index (χ4v) is 2.24. The van der Waals surface area contributed by atoms with Crippen molar-refractivity contribution in [3.05, 3.63) is 35.5 Å². The lowest BCUT2D eigenvalue weighted by molar-refractivity contribution is -0.143. The van der Waals surface area contributed by atoms with E-state index in [2.05, 4.69) is 15.5 Å². The van der Waals surface area contributed by atoms with Crippen molar-refractivity contribution in [3.8, 4) is 11.4 Å². The van der Waals surface area contributed by atoms with Gasteiger partial charge >= 0.3 is 5.97 Å². The third kappa shape index (κ3) is 4.85. The molecule has 25 heavy (non-hydrogen) atoms. The van der Waals surface area contributed by atoms with Crippen molar-refractivity contribution < 1.29 is 23.6 Å². The number of rotatable bonds is 7. The largest absolute Gasteiger partial charge is 0.480 e. The van der Waals surface area contributed by atoms with Crippen LogP contribution in [0.4, 0.5) is 4.39 Å². The molecule has 2 rings (SSSR count). The Labute approximate surface area is 144 Å². The first-order chi connectivity index (χ1) is 11.8. The second-order valence-electron chi connectivity index (χ2n) is 6.10. The summed E-state index contributed by atoms with van der Waals surface area (Å²) in [6.07, 6.45) is 0.212. The molecule has 0 unspecified atom stereocenters. The number of nitrogens with zero attached hydrogens (tertiary/aromatic N) is 2. The average Bonchev–Trinajstić information content (AvgIpc) is 3.01. The Morgan fingerprint density at radius 2 is 2.08 bits per heavy atom. The number of carboxylic acid groups (broad SMARTS) is 1. The monoisotopic (exact) mass is 349 g/mol. The number of aliphatic carboxylic acids is 1. The van der Waals surface area contributed by atoms with Crippen LogP contribution in [0.3, 0.4) is 0 Å². The van der Waals surface area contributed by atoms with E-state index < -0.39 is 17.9 Å². The van der Waals surface area contributed by atoms with Gasteiger partial charge in [-0.05, 0) is 36.6 Å². The van der Waals surface area contributed by atoms with Crippen LogP contribution in [0, 0.1) is 18.7 Å². The van der Waals surface area contributed by atoms with Gasteiger partial charge in [0.15, 0.2) is 0 Å². The van der Waals surface area contributed by atoms with E-state index in [9.17, 15) is 14.0 Å².